The molecule has 0 aliphatic carbocycles. The summed E-state index contributed by atoms with van der Waals surface area (Å²) in [6.07, 6.45) is -0.967. The quantitative estimate of drug-likeness (QED) is 0.661. The minimum absolute atomic E-state index is 0.0130. The number of aliphatic hydroxyl groups excluding tert-OH is 1. The third-order valence-corrected chi connectivity index (χ3v) is 3.80. The number of benzene rings is 2. The number of rotatable bonds is 7. The van der Waals surface area contributed by atoms with Gasteiger partial charge in [-0.1, -0.05) is 0 Å². The lowest BCUT2D eigenvalue weighted by atomic mass is 10.1. The number of urea groups is 1. The van der Waals surface area contributed by atoms with Gasteiger partial charge in [0, 0.05) is 23.4 Å². The molecule has 0 radical (unpaired) electrons. The van der Waals surface area contributed by atoms with Gasteiger partial charge in [0.25, 0.3) is 0 Å². The molecule has 2 aromatic rings. The van der Waals surface area contributed by atoms with E-state index < -0.39 is 12.1 Å². The monoisotopic (exact) mass is 358 g/mol. The molecule has 0 aliphatic rings. The summed E-state index contributed by atoms with van der Waals surface area (Å²) in [5, 5.41) is 15.6. The van der Waals surface area contributed by atoms with Crippen LogP contribution in [0.3, 0.4) is 0 Å². The lowest BCUT2D eigenvalue weighted by Gasteiger charge is -2.17. The van der Waals surface area contributed by atoms with Crippen LogP contribution in [0.2, 0.25) is 0 Å². The van der Waals surface area contributed by atoms with Crippen LogP contribution < -0.4 is 20.1 Å². The van der Waals surface area contributed by atoms with Crippen molar-refractivity contribution in [2.45, 2.75) is 13.0 Å². The summed E-state index contributed by atoms with van der Waals surface area (Å²) in [5.41, 5.74) is 1.62. The first-order chi connectivity index (χ1) is 12.4. The van der Waals surface area contributed by atoms with Crippen LogP contribution in [0.15, 0.2) is 42.5 Å². The molecule has 0 heterocycles. The van der Waals surface area contributed by atoms with Crippen LogP contribution >= 0.6 is 0 Å². The second kappa shape index (κ2) is 8.87. The average Bonchev–Trinajstić information content (AvgIpc) is 2.65. The Morgan fingerprint density at radius 3 is 2.35 bits per heavy atom. The average molecular weight is 358 g/mol. The third-order valence-electron chi connectivity index (χ3n) is 3.80. The van der Waals surface area contributed by atoms with Gasteiger partial charge in [-0.15, -0.1) is 0 Å². The number of nitrogens with one attached hydrogen (secondary N) is 2. The van der Waals surface area contributed by atoms with Gasteiger partial charge in [0.2, 0.25) is 0 Å². The van der Waals surface area contributed by atoms with Crippen molar-refractivity contribution in [3.8, 4) is 11.5 Å². The predicted octanol–water partition coefficient (Wildman–Crippen LogP) is 2.76. The van der Waals surface area contributed by atoms with Crippen LogP contribution in [0.1, 0.15) is 28.9 Å². The van der Waals surface area contributed by atoms with E-state index in [1.807, 2.05) is 0 Å². The highest BCUT2D eigenvalue weighted by Gasteiger charge is 2.15. The molecule has 0 aromatic heterocycles. The Hall–Kier alpha value is -3.06. The fourth-order valence-electron chi connectivity index (χ4n) is 2.36. The maximum absolute atomic E-state index is 12.0. The molecule has 7 heteroatoms. The van der Waals surface area contributed by atoms with E-state index in [1.54, 1.807) is 42.5 Å². The second-order valence-electron chi connectivity index (χ2n) is 5.59. The number of carbonyl (C=O) groups is 2. The normalized spacial score (nSPS) is 11.4. The first-order valence-corrected chi connectivity index (χ1v) is 8.00. The predicted molar refractivity (Wildman–Crippen MR) is 98.0 cm³/mol. The second-order valence-corrected chi connectivity index (χ2v) is 5.59. The molecule has 2 rings (SSSR count). The Morgan fingerprint density at radius 1 is 1.08 bits per heavy atom. The van der Waals surface area contributed by atoms with Gasteiger partial charge in [0.05, 0.1) is 14.2 Å². The van der Waals surface area contributed by atoms with Crippen molar-refractivity contribution in [3.63, 3.8) is 0 Å². The SMILES string of the molecule is COc1ccc(OC)c(C(O)CNC(=O)Nc2ccc(C(C)=O)cc2)c1. The number of ether oxygens (including phenoxy) is 2. The molecule has 1 atom stereocenters. The van der Waals surface area contributed by atoms with E-state index in [1.165, 1.54) is 21.1 Å². The van der Waals surface area contributed by atoms with Crippen molar-refractivity contribution >= 4 is 17.5 Å². The molecule has 0 spiro atoms. The number of aliphatic hydroxyl groups is 1. The van der Waals surface area contributed by atoms with E-state index in [9.17, 15) is 14.7 Å². The van der Waals surface area contributed by atoms with Crippen LogP contribution in [0.4, 0.5) is 10.5 Å². The van der Waals surface area contributed by atoms with Crippen molar-refractivity contribution < 1.29 is 24.2 Å². The van der Waals surface area contributed by atoms with Gasteiger partial charge in [-0.3, -0.25) is 4.79 Å². The molecule has 138 valence electrons. The highest BCUT2D eigenvalue weighted by molar-refractivity contribution is 5.95. The molecule has 7 nitrogen and oxygen atoms in total. The summed E-state index contributed by atoms with van der Waals surface area (Å²) >= 11 is 0. The maximum Gasteiger partial charge on any atom is 0.319 e. The Balaban J connectivity index is 1.95. The van der Waals surface area contributed by atoms with E-state index in [4.69, 9.17) is 9.47 Å². The summed E-state index contributed by atoms with van der Waals surface area (Å²) < 4.78 is 10.4. The first-order valence-electron chi connectivity index (χ1n) is 8.00. The summed E-state index contributed by atoms with van der Waals surface area (Å²) in [6.45, 7) is 1.46. The Labute approximate surface area is 151 Å². The highest BCUT2D eigenvalue weighted by Crippen LogP contribution is 2.29. The van der Waals surface area contributed by atoms with Crippen molar-refractivity contribution in [1.82, 2.24) is 5.32 Å². The number of ketones is 1. The zero-order valence-corrected chi connectivity index (χ0v) is 14.9. The summed E-state index contributed by atoms with van der Waals surface area (Å²) in [7, 11) is 3.03. The van der Waals surface area contributed by atoms with Crippen molar-refractivity contribution in [1.29, 1.82) is 0 Å². The Morgan fingerprint density at radius 2 is 1.77 bits per heavy atom. The van der Waals surface area contributed by atoms with E-state index in [2.05, 4.69) is 10.6 Å². The smallest absolute Gasteiger partial charge is 0.319 e. The summed E-state index contributed by atoms with van der Waals surface area (Å²) in [5.74, 6) is 1.03. The zero-order valence-electron chi connectivity index (χ0n) is 14.9. The van der Waals surface area contributed by atoms with Crippen LogP contribution in [-0.4, -0.2) is 37.7 Å². The fourth-order valence-corrected chi connectivity index (χ4v) is 2.36. The van der Waals surface area contributed by atoms with Crippen LogP contribution in [-0.2, 0) is 0 Å². The molecule has 0 fully saturated rings. The topological polar surface area (TPSA) is 96.9 Å². The summed E-state index contributed by atoms with van der Waals surface area (Å²) in [4.78, 5) is 23.2. The molecular weight excluding hydrogens is 336 g/mol. The zero-order chi connectivity index (χ0) is 19.1. The number of amides is 2. The van der Waals surface area contributed by atoms with Crippen LogP contribution in [0.5, 0.6) is 11.5 Å². The minimum Gasteiger partial charge on any atom is -0.497 e. The molecule has 0 saturated heterocycles. The molecular formula is C19H22N2O5. The summed E-state index contributed by atoms with van der Waals surface area (Å²) in [6, 6.07) is 11.1. The number of Topliss-reactive ketones (excluding diaryl/α,β-unsaturated/α-hetero) is 1. The molecule has 0 saturated carbocycles. The van der Waals surface area contributed by atoms with E-state index in [-0.39, 0.29) is 12.3 Å². The lowest BCUT2D eigenvalue weighted by Crippen LogP contribution is -2.32. The van der Waals surface area contributed by atoms with Gasteiger partial charge in [-0.05, 0) is 49.4 Å². The molecule has 2 aromatic carbocycles. The van der Waals surface area contributed by atoms with Gasteiger partial charge >= 0.3 is 6.03 Å². The standard InChI is InChI=1S/C19H22N2O5/c1-12(22)13-4-6-14(7-5-13)21-19(24)20-11-17(23)16-10-15(25-2)8-9-18(16)26-3/h4-10,17,23H,11H2,1-3H3,(H2,20,21,24). The lowest BCUT2D eigenvalue weighted by molar-refractivity contribution is 0.101. The molecule has 3 N–H and O–H groups in total. The minimum atomic E-state index is -0.967. The molecule has 0 bridgehead atoms. The number of anilines is 1. The van der Waals surface area contributed by atoms with Crippen LogP contribution in [0.25, 0.3) is 0 Å². The molecule has 0 aliphatic heterocycles. The van der Waals surface area contributed by atoms with Gasteiger partial charge in [-0.2, -0.15) is 0 Å². The van der Waals surface area contributed by atoms with Gasteiger partial charge in [0.1, 0.15) is 17.6 Å². The third kappa shape index (κ3) is 4.97. The van der Waals surface area contributed by atoms with Crippen molar-refractivity contribution in [3.05, 3.63) is 53.6 Å². The van der Waals surface area contributed by atoms with Gasteiger partial charge < -0.3 is 25.2 Å². The molecule has 1 unspecified atom stereocenters. The van der Waals surface area contributed by atoms with Crippen LogP contribution in [0, 0.1) is 0 Å². The first kappa shape index (κ1) is 19.3. The highest BCUT2D eigenvalue weighted by atomic mass is 16.5. The van der Waals surface area contributed by atoms with Crippen molar-refractivity contribution in [2.75, 3.05) is 26.1 Å². The Kier molecular flexibility index (Phi) is 6.57. The number of hydrogen-bond donors (Lipinski definition) is 3. The molecule has 2 amide bonds. The largest absolute Gasteiger partial charge is 0.497 e. The Bertz CT molecular complexity index is 774. The number of methoxy groups -OCH3 is 2. The van der Waals surface area contributed by atoms with E-state index >= 15 is 0 Å². The number of hydrogen-bond acceptors (Lipinski definition) is 5. The van der Waals surface area contributed by atoms with Gasteiger partial charge in [0.15, 0.2) is 5.78 Å². The number of carbonyl (C=O) groups excluding carboxylic acids is 2. The fraction of sp³-hybridized carbons (Fsp3) is 0.263. The van der Waals surface area contributed by atoms with Crippen molar-refractivity contribution in [2.24, 2.45) is 0 Å². The maximum atomic E-state index is 12.0. The van der Waals surface area contributed by atoms with Gasteiger partial charge in [-0.25, -0.2) is 4.79 Å². The molecule has 26 heavy (non-hydrogen) atoms. The van der Waals surface area contributed by atoms with E-state index in [0.717, 1.165) is 0 Å². The van der Waals surface area contributed by atoms with E-state index in [0.29, 0.717) is 28.3 Å².